The molecule has 0 saturated carbocycles. The smallest absolute Gasteiger partial charge is 0.167 e. The van der Waals surface area contributed by atoms with Gasteiger partial charge in [-0.2, -0.15) is 0 Å². The fraction of sp³-hybridized carbons (Fsp3) is 0.100. The summed E-state index contributed by atoms with van der Waals surface area (Å²) in [5, 5.41) is 3.76. The molecule has 2 rings (SSSR count). The number of rotatable bonds is 1. The molecule has 0 bridgehead atoms. The van der Waals surface area contributed by atoms with E-state index in [1.54, 1.807) is 18.2 Å². The van der Waals surface area contributed by atoms with Gasteiger partial charge in [0.05, 0.1) is 10.2 Å². The molecule has 0 spiro atoms. The van der Waals surface area contributed by atoms with Crippen LogP contribution in [0.1, 0.15) is 5.69 Å². The van der Waals surface area contributed by atoms with Gasteiger partial charge in [0.15, 0.2) is 5.76 Å². The lowest BCUT2D eigenvalue weighted by Gasteiger charge is -1.97. The van der Waals surface area contributed by atoms with E-state index in [0.29, 0.717) is 10.2 Å². The fourth-order valence-corrected chi connectivity index (χ4v) is 1.53. The summed E-state index contributed by atoms with van der Waals surface area (Å²) in [6, 6.07) is 6.51. The standard InChI is InChI=1S/C10H7BrFNO/c1-6-4-10(14-13-6)7-2-3-9(12)8(11)5-7/h2-5H,1H3. The van der Waals surface area contributed by atoms with E-state index in [1.807, 2.05) is 6.92 Å². The number of aryl methyl sites for hydroxylation is 1. The lowest BCUT2D eigenvalue weighted by molar-refractivity contribution is 0.427. The number of aromatic nitrogens is 1. The van der Waals surface area contributed by atoms with Crippen LogP contribution in [0.5, 0.6) is 0 Å². The van der Waals surface area contributed by atoms with Crippen LogP contribution in [0, 0.1) is 12.7 Å². The van der Waals surface area contributed by atoms with Gasteiger partial charge in [-0.15, -0.1) is 0 Å². The lowest BCUT2D eigenvalue weighted by atomic mass is 10.1. The predicted octanol–water partition coefficient (Wildman–Crippen LogP) is 3.55. The molecule has 0 fully saturated rings. The Kier molecular flexibility index (Phi) is 2.37. The first-order valence-corrected chi connectivity index (χ1v) is 4.85. The molecule has 1 aromatic carbocycles. The van der Waals surface area contributed by atoms with Gasteiger partial charge in [-0.05, 0) is 41.1 Å². The molecule has 1 heterocycles. The van der Waals surface area contributed by atoms with Crippen molar-refractivity contribution in [2.45, 2.75) is 6.92 Å². The molecule has 1 aromatic heterocycles. The Bertz CT molecular complexity index is 467. The Balaban J connectivity index is 2.47. The number of hydrogen-bond acceptors (Lipinski definition) is 2. The minimum Gasteiger partial charge on any atom is -0.356 e. The van der Waals surface area contributed by atoms with Gasteiger partial charge in [0.25, 0.3) is 0 Å². The lowest BCUT2D eigenvalue weighted by Crippen LogP contribution is -1.79. The Hall–Kier alpha value is -1.16. The van der Waals surface area contributed by atoms with Crippen LogP contribution in [0.15, 0.2) is 33.3 Å². The molecule has 72 valence electrons. The van der Waals surface area contributed by atoms with Crippen molar-refractivity contribution in [3.63, 3.8) is 0 Å². The summed E-state index contributed by atoms with van der Waals surface area (Å²) >= 11 is 3.11. The van der Waals surface area contributed by atoms with Crippen LogP contribution in [-0.2, 0) is 0 Å². The van der Waals surface area contributed by atoms with E-state index in [9.17, 15) is 4.39 Å². The van der Waals surface area contributed by atoms with Crippen molar-refractivity contribution in [2.75, 3.05) is 0 Å². The molecule has 0 unspecified atom stereocenters. The SMILES string of the molecule is Cc1cc(-c2ccc(F)c(Br)c2)on1. The summed E-state index contributed by atoms with van der Waals surface area (Å²) in [6.07, 6.45) is 0. The van der Waals surface area contributed by atoms with Crippen molar-refractivity contribution in [1.29, 1.82) is 0 Å². The van der Waals surface area contributed by atoms with Gasteiger partial charge in [0, 0.05) is 11.6 Å². The largest absolute Gasteiger partial charge is 0.356 e. The number of benzene rings is 1. The topological polar surface area (TPSA) is 26.0 Å². The maximum absolute atomic E-state index is 12.9. The summed E-state index contributed by atoms with van der Waals surface area (Å²) in [6.45, 7) is 1.84. The second-order valence-electron chi connectivity index (χ2n) is 2.96. The predicted molar refractivity (Wildman–Crippen MR) is 54.3 cm³/mol. The van der Waals surface area contributed by atoms with E-state index in [2.05, 4.69) is 21.1 Å². The molecule has 0 aliphatic rings. The van der Waals surface area contributed by atoms with Crippen LogP contribution in [0.3, 0.4) is 0 Å². The highest BCUT2D eigenvalue weighted by atomic mass is 79.9. The summed E-state index contributed by atoms with van der Waals surface area (Å²) in [7, 11) is 0. The number of hydrogen-bond donors (Lipinski definition) is 0. The van der Waals surface area contributed by atoms with Gasteiger partial charge in [0.1, 0.15) is 5.82 Å². The quantitative estimate of drug-likeness (QED) is 0.779. The molecule has 0 aliphatic heterocycles. The highest BCUT2D eigenvalue weighted by Crippen LogP contribution is 2.25. The van der Waals surface area contributed by atoms with Crippen LogP contribution in [0.25, 0.3) is 11.3 Å². The fourth-order valence-electron chi connectivity index (χ4n) is 1.15. The normalized spacial score (nSPS) is 10.5. The molecule has 0 amide bonds. The minimum atomic E-state index is -0.287. The van der Waals surface area contributed by atoms with Crippen molar-refractivity contribution in [3.05, 3.63) is 40.2 Å². The molecular formula is C10H7BrFNO. The zero-order chi connectivity index (χ0) is 10.1. The third kappa shape index (κ3) is 1.70. The average molecular weight is 256 g/mol. The Morgan fingerprint density at radius 2 is 2.14 bits per heavy atom. The molecule has 14 heavy (non-hydrogen) atoms. The molecule has 0 aliphatic carbocycles. The third-order valence-electron chi connectivity index (χ3n) is 1.83. The molecule has 0 N–H and O–H groups in total. The van der Waals surface area contributed by atoms with E-state index >= 15 is 0 Å². The Morgan fingerprint density at radius 1 is 1.36 bits per heavy atom. The number of halogens is 2. The van der Waals surface area contributed by atoms with Crippen LogP contribution in [-0.4, -0.2) is 5.16 Å². The maximum atomic E-state index is 12.9. The third-order valence-corrected chi connectivity index (χ3v) is 2.44. The maximum Gasteiger partial charge on any atom is 0.167 e. The Morgan fingerprint density at radius 3 is 2.71 bits per heavy atom. The van der Waals surface area contributed by atoms with Gasteiger partial charge in [-0.1, -0.05) is 5.16 Å². The van der Waals surface area contributed by atoms with E-state index in [1.165, 1.54) is 6.07 Å². The molecule has 0 saturated heterocycles. The van der Waals surface area contributed by atoms with Crippen molar-refractivity contribution in [1.82, 2.24) is 5.16 Å². The zero-order valence-corrected chi connectivity index (χ0v) is 9.01. The minimum absolute atomic E-state index is 0.287. The summed E-state index contributed by atoms with van der Waals surface area (Å²) in [5.74, 6) is 0.355. The summed E-state index contributed by atoms with van der Waals surface area (Å²) in [5.41, 5.74) is 1.61. The zero-order valence-electron chi connectivity index (χ0n) is 7.42. The van der Waals surface area contributed by atoms with E-state index < -0.39 is 0 Å². The molecule has 4 heteroatoms. The number of nitrogens with zero attached hydrogens (tertiary/aromatic N) is 1. The van der Waals surface area contributed by atoms with Crippen molar-refractivity contribution in [3.8, 4) is 11.3 Å². The van der Waals surface area contributed by atoms with Gasteiger partial charge in [0.2, 0.25) is 0 Å². The highest BCUT2D eigenvalue weighted by molar-refractivity contribution is 9.10. The van der Waals surface area contributed by atoms with E-state index in [0.717, 1.165) is 11.3 Å². The first kappa shape index (κ1) is 9.40. The molecule has 2 nitrogen and oxygen atoms in total. The summed E-state index contributed by atoms with van der Waals surface area (Å²) in [4.78, 5) is 0. The van der Waals surface area contributed by atoms with Crippen molar-refractivity contribution in [2.24, 2.45) is 0 Å². The highest BCUT2D eigenvalue weighted by Gasteiger charge is 2.06. The van der Waals surface area contributed by atoms with E-state index in [4.69, 9.17) is 4.52 Å². The average Bonchev–Trinajstić information content (AvgIpc) is 2.57. The van der Waals surface area contributed by atoms with Crippen LogP contribution in [0.4, 0.5) is 4.39 Å². The molecule has 2 aromatic rings. The Labute approximate surface area is 88.9 Å². The second-order valence-corrected chi connectivity index (χ2v) is 3.82. The molecule has 0 atom stereocenters. The van der Waals surface area contributed by atoms with Crippen molar-refractivity contribution >= 4 is 15.9 Å². The van der Waals surface area contributed by atoms with E-state index in [-0.39, 0.29) is 5.82 Å². The van der Waals surface area contributed by atoms with Crippen molar-refractivity contribution < 1.29 is 8.91 Å². The van der Waals surface area contributed by atoms with Crippen LogP contribution < -0.4 is 0 Å². The monoisotopic (exact) mass is 255 g/mol. The van der Waals surface area contributed by atoms with Crippen LogP contribution >= 0.6 is 15.9 Å². The second kappa shape index (κ2) is 3.53. The first-order valence-electron chi connectivity index (χ1n) is 4.05. The van der Waals surface area contributed by atoms with Gasteiger partial charge < -0.3 is 4.52 Å². The summed E-state index contributed by atoms with van der Waals surface area (Å²) < 4.78 is 18.4. The molecular weight excluding hydrogens is 249 g/mol. The van der Waals surface area contributed by atoms with Gasteiger partial charge >= 0.3 is 0 Å². The van der Waals surface area contributed by atoms with Gasteiger partial charge in [-0.3, -0.25) is 0 Å². The van der Waals surface area contributed by atoms with Crippen LogP contribution in [0.2, 0.25) is 0 Å². The molecule has 0 radical (unpaired) electrons. The van der Waals surface area contributed by atoms with Gasteiger partial charge in [-0.25, -0.2) is 4.39 Å². The first-order chi connectivity index (χ1) is 6.66.